The van der Waals surface area contributed by atoms with Crippen LogP contribution in [-0.2, 0) is 4.79 Å². The molecule has 1 aromatic heterocycles. The lowest BCUT2D eigenvalue weighted by molar-refractivity contribution is -0.113. The number of nitrogens with one attached hydrogen (secondary N) is 2. The van der Waals surface area contributed by atoms with Crippen molar-refractivity contribution in [2.75, 3.05) is 29.6 Å². The summed E-state index contributed by atoms with van der Waals surface area (Å²) in [5, 5.41) is 13.9. The van der Waals surface area contributed by atoms with Gasteiger partial charge in [-0.25, -0.2) is 0 Å². The van der Waals surface area contributed by atoms with Gasteiger partial charge in [0, 0.05) is 21.8 Å². The second-order valence-electron chi connectivity index (χ2n) is 6.03. The van der Waals surface area contributed by atoms with Crippen molar-refractivity contribution in [2.24, 2.45) is 0 Å². The van der Waals surface area contributed by atoms with Crippen molar-refractivity contribution >= 4 is 61.7 Å². The molecule has 1 aliphatic rings. The molecule has 2 N–H and O–H groups in total. The second kappa shape index (κ2) is 9.45. The van der Waals surface area contributed by atoms with Crippen LogP contribution in [0.2, 0.25) is 0 Å². The molecule has 30 heavy (non-hydrogen) atoms. The van der Waals surface area contributed by atoms with Gasteiger partial charge in [0.05, 0.1) is 5.75 Å². The van der Waals surface area contributed by atoms with Gasteiger partial charge in [-0.1, -0.05) is 39.0 Å². The van der Waals surface area contributed by atoms with Crippen LogP contribution in [0.15, 0.2) is 51.3 Å². The number of rotatable bonds is 6. The SMILES string of the molecule is O=C(CSc1nnc(NC(=O)c2ccc(Br)cc2)s1)Nc1ccc2c(c1)OCCO2. The van der Waals surface area contributed by atoms with Crippen LogP contribution in [0.1, 0.15) is 10.4 Å². The Morgan fingerprint density at radius 1 is 1.03 bits per heavy atom. The zero-order valence-electron chi connectivity index (χ0n) is 15.4. The lowest BCUT2D eigenvalue weighted by Gasteiger charge is -2.18. The quantitative estimate of drug-likeness (QED) is 0.383. The number of ether oxygens (including phenoxy) is 2. The van der Waals surface area contributed by atoms with E-state index in [1.54, 1.807) is 42.5 Å². The molecule has 0 fully saturated rings. The molecule has 11 heteroatoms. The Hall–Kier alpha value is -2.63. The highest BCUT2D eigenvalue weighted by Crippen LogP contribution is 2.33. The van der Waals surface area contributed by atoms with Gasteiger partial charge >= 0.3 is 0 Å². The topological polar surface area (TPSA) is 102 Å². The first-order chi connectivity index (χ1) is 14.6. The van der Waals surface area contributed by atoms with Crippen molar-refractivity contribution < 1.29 is 19.1 Å². The highest BCUT2D eigenvalue weighted by atomic mass is 79.9. The third-order valence-corrected chi connectivity index (χ3v) is 6.39. The number of aromatic nitrogens is 2. The molecule has 0 saturated heterocycles. The molecule has 0 spiro atoms. The van der Waals surface area contributed by atoms with Gasteiger partial charge in [-0.3, -0.25) is 14.9 Å². The summed E-state index contributed by atoms with van der Waals surface area (Å²) in [5.74, 6) is 0.977. The van der Waals surface area contributed by atoms with E-state index < -0.39 is 0 Å². The van der Waals surface area contributed by atoms with Crippen LogP contribution >= 0.6 is 39.0 Å². The van der Waals surface area contributed by atoms with Gasteiger partial charge in [0.25, 0.3) is 5.91 Å². The van der Waals surface area contributed by atoms with Crippen LogP contribution in [0.3, 0.4) is 0 Å². The van der Waals surface area contributed by atoms with Crippen LogP contribution in [0.5, 0.6) is 11.5 Å². The summed E-state index contributed by atoms with van der Waals surface area (Å²) in [4.78, 5) is 24.5. The Morgan fingerprint density at radius 3 is 2.60 bits per heavy atom. The molecular formula is C19H15BrN4O4S2. The summed E-state index contributed by atoms with van der Waals surface area (Å²) >= 11 is 5.78. The fraction of sp³-hybridized carbons (Fsp3) is 0.158. The zero-order chi connectivity index (χ0) is 20.9. The number of carbonyl (C=O) groups excluding carboxylic acids is 2. The van der Waals surface area contributed by atoms with Gasteiger partial charge in [-0.15, -0.1) is 10.2 Å². The summed E-state index contributed by atoms with van der Waals surface area (Å²) < 4.78 is 12.5. The number of fused-ring (bicyclic) bond motifs is 1. The molecule has 2 amide bonds. The summed E-state index contributed by atoms with van der Waals surface area (Å²) in [6.07, 6.45) is 0. The maximum absolute atomic E-state index is 12.2. The van der Waals surface area contributed by atoms with Crippen LogP contribution < -0.4 is 20.1 Å². The molecule has 154 valence electrons. The highest BCUT2D eigenvalue weighted by molar-refractivity contribution is 9.10. The largest absolute Gasteiger partial charge is 0.486 e. The van der Waals surface area contributed by atoms with E-state index in [4.69, 9.17) is 9.47 Å². The minimum absolute atomic E-state index is 0.156. The van der Waals surface area contributed by atoms with Crippen molar-refractivity contribution in [2.45, 2.75) is 4.34 Å². The number of thioether (sulfide) groups is 1. The van der Waals surface area contributed by atoms with Gasteiger partial charge in [-0.2, -0.15) is 0 Å². The molecular weight excluding hydrogens is 492 g/mol. The van der Waals surface area contributed by atoms with Crippen molar-refractivity contribution in [3.05, 3.63) is 52.5 Å². The summed E-state index contributed by atoms with van der Waals surface area (Å²) in [6.45, 7) is 1.00. The van der Waals surface area contributed by atoms with E-state index in [9.17, 15) is 9.59 Å². The number of anilines is 2. The number of hydrogen-bond donors (Lipinski definition) is 2. The van der Waals surface area contributed by atoms with Crippen LogP contribution in [0.4, 0.5) is 10.8 Å². The molecule has 8 nitrogen and oxygen atoms in total. The van der Waals surface area contributed by atoms with E-state index in [1.807, 2.05) is 0 Å². The number of halogens is 1. The molecule has 2 aromatic carbocycles. The monoisotopic (exact) mass is 506 g/mol. The molecule has 1 aliphatic heterocycles. The predicted molar refractivity (Wildman–Crippen MR) is 119 cm³/mol. The van der Waals surface area contributed by atoms with Gasteiger partial charge in [0.2, 0.25) is 11.0 Å². The normalized spacial score (nSPS) is 12.3. The Kier molecular flexibility index (Phi) is 6.50. The fourth-order valence-electron chi connectivity index (χ4n) is 2.53. The van der Waals surface area contributed by atoms with Gasteiger partial charge < -0.3 is 14.8 Å². The van der Waals surface area contributed by atoms with Gasteiger partial charge in [0.1, 0.15) is 13.2 Å². The lowest BCUT2D eigenvalue weighted by atomic mass is 10.2. The van der Waals surface area contributed by atoms with E-state index in [-0.39, 0.29) is 17.6 Å². The maximum Gasteiger partial charge on any atom is 0.257 e. The first-order valence-electron chi connectivity index (χ1n) is 8.79. The zero-order valence-corrected chi connectivity index (χ0v) is 18.6. The summed E-state index contributed by atoms with van der Waals surface area (Å²) in [5.41, 5.74) is 1.14. The van der Waals surface area contributed by atoms with Crippen molar-refractivity contribution in [1.82, 2.24) is 10.2 Å². The molecule has 3 aromatic rings. The molecule has 4 rings (SSSR count). The van der Waals surface area contributed by atoms with Crippen LogP contribution in [0, 0.1) is 0 Å². The standard InChI is InChI=1S/C19H15BrN4O4S2/c20-12-3-1-11(2-4-12)17(26)22-18-23-24-19(30-18)29-10-16(25)21-13-5-6-14-15(9-13)28-8-7-27-14/h1-6,9H,7-8,10H2,(H,21,25)(H,22,23,26). The summed E-state index contributed by atoms with van der Waals surface area (Å²) in [7, 11) is 0. The van der Waals surface area contributed by atoms with Gasteiger partial charge in [-0.05, 0) is 36.4 Å². The van der Waals surface area contributed by atoms with Crippen molar-refractivity contribution in [1.29, 1.82) is 0 Å². The average Bonchev–Trinajstić information content (AvgIpc) is 3.20. The summed E-state index contributed by atoms with van der Waals surface area (Å²) in [6, 6.07) is 12.3. The number of hydrogen-bond acceptors (Lipinski definition) is 8. The Balaban J connectivity index is 1.28. The number of nitrogens with zero attached hydrogens (tertiary/aromatic N) is 2. The van der Waals surface area contributed by atoms with Crippen molar-refractivity contribution in [3.8, 4) is 11.5 Å². The third-order valence-electron chi connectivity index (χ3n) is 3.89. The Labute approximate surface area is 188 Å². The highest BCUT2D eigenvalue weighted by Gasteiger charge is 2.14. The smallest absolute Gasteiger partial charge is 0.257 e. The van der Waals surface area contributed by atoms with E-state index >= 15 is 0 Å². The Morgan fingerprint density at radius 2 is 1.80 bits per heavy atom. The van der Waals surface area contributed by atoms with Crippen molar-refractivity contribution in [3.63, 3.8) is 0 Å². The third kappa shape index (κ3) is 5.29. The Bertz CT molecular complexity index is 1070. The van der Waals surface area contributed by atoms with E-state index in [2.05, 4.69) is 36.8 Å². The molecule has 0 bridgehead atoms. The molecule has 0 unspecified atom stereocenters. The molecule has 0 saturated carbocycles. The molecule has 0 radical (unpaired) electrons. The molecule has 2 heterocycles. The predicted octanol–water partition coefficient (Wildman–Crippen LogP) is 4.05. The van der Waals surface area contributed by atoms with Crippen LogP contribution in [-0.4, -0.2) is 41.0 Å². The van der Waals surface area contributed by atoms with E-state index in [1.165, 1.54) is 23.1 Å². The van der Waals surface area contributed by atoms with E-state index in [0.717, 1.165) is 4.47 Å². The minimum Gasteiger partial charge on any atom is -0.486 e. The average molecular weight is 507 g/mol. The number of benzene rings is 2. The van der Waals surface area contributed by atoms with Gasteiger partial charge in [0.15, 0.2) is 15.8 Å². The maximum atomic E-state index is 12.2. The van der Waals surface area contributed by atoms with E-state index in [0.29, 0.717) is 45.4 Å². The number of amides is 2. The minimum atomic E-state index is -0.272. The second-order valence-corrected chi connectivity index (χ2v) is 9.15. The molecule has 0 atom stereocenters. The molecule has 0 aliphatic carbocycles. The first kappa shape index (κ1) is 20.6. The first-order valence-corrected chi connectivity index (χ1v) is 11.4. The number of carbonyl (C=O) groups is 2. The lowest BCUT2D eigenvalue weighted by Crippen LogP contribution is -2.17. The van der Waals surface area contributed by atoms with Crippen LogP contribution in [0.25, 0.3) is 0 Å². The fourth-order valence-corrected chi connectivity index (χ4v) is 4.35.